The zero-order chi connectivity index (χ0) is 18.9. The van der Waals surface area contributed by atoms with Crippen molar-refractivity contribution in [3.8, 4) is 0 Å². The minimum absolute atomic E-state index is 0.0194. The molecule has 1 N–H and O–H groups in total. The SMILES string of the molecule is O=C(c1cccs1)N1CCc2ccc(NS(=O)(=O)c3ccccc3)cc2C1. The van der Waals surface area contributed by atoms with Crippen molar-refractivity contribution in [1.29, 1.82) is 0 Å². The minimum Gasteiger partial charge on any atom is -0.333 e. The zero-order valence-electron chi connectivity index (χ0n) is 14.5. The van der Waals surface area contributed by atoms with Crippen molar-refractivity contribution in [1.82, 2.24) is 4.90 Å². The largest absolute Gasteiger partial charge is 0.333 e. The van der Waals surface area contributed by atoms with Crippen molar-refractivity contribution in [2.24, 2.45) is 0 Å². The van der Waals surface area contributed by atoms with Crippen LogP contribution < -0.4 is 4.72 Å². The Balaban J connectivity index is 1.55. The molecular formula is C20H18N2O3S2. The third-order valence-corrected chi connectivity index (χ3v) is 6.80. The van der Waals surface area contributed by atoms with Crippen LogP contribution in [0, 0.1) is 0 Å². The molecule has 2 aromatic carbocycles. The van der Waals surface area contributed by atoms with Crippen molar-refractivity contribution in [2.75, 3.05) is 11.3 Å². The molecule has 27 heavy (non-hydrogen) atoms. The molecule has 1 aromatic heterocycles. The summed E-state index contributed by atoms with van der Waals surface area (Å²) < 4.78 is 27.7. The van der Waals surface area contributed by atoms with E-state index < -0.39 is 10.0 Å². The molecule has 0 radical (unpaired) electrons. The number of amides is 1. The van der Waals surface area contributed by atoms with Gasteiger partial charge in [-0.05, 0) is 53.3 Å². The van der Waals surface area contributed by atoms with Gasteiger partial charge in [-0.1, -0.05) is 30.3 Å². The number of rotatable bonds is 4. The Morgan fingerprint density at radius 3 is 2.56 bits per heavy atom. The molecule has 1 amide bonds. The number of thiophene rings is 1. The summed E-state index contributed by atoms with van der Waals surface area (Å²) in [5.74, 6) is 0.0194. The molecule has 0 aliphatic carbocycles. The van der Waals surface area contributed by atoms with Gasteiger partial charge in [-0.2, -0.15) is 0 Å². The zero-order valence-corrected chi connectivity index (χ0v) is 16.1. The fourth-order valence-electron chi connectivity index (χ4n) is 3.16. The summed E-state index contributed by atoms with van der Waals surface area (Å²) in [6.07, 6.45) is 0.762. The molecule has 0 bridgehead atoms. The monoisotopic (exact) mass is 398 g/mol. The first-order valence-corrected chi connectivity index (χ1v) is 10.9. The van der Waals surface area contributed by atoms with E-state index >= 15 is 0 Å². The Morgan fingerprint density at radius 1 is 1.00 bits per heavy atom. The van der Waals surface area contributed by atoms with Crippen molar-refractivity contribution in [3.63, 3.8) is 0 Å². The second-order valence-corrected chi connectivity index (χ2v) is 8.99. The van der Waals surface area contributed by atoms with Crippen LogP contribution in [-0.4, -0.2) is 25.8 Å². The maximum absolute atomic E-state index is 12.6. The fourth-order valence-corrected chi connectivity index (χ4v) is 4.93. The van der Waals surface area contributed by atoms with Crippen molar-refractivity contribution in [2.45, 2.75) is 17.9 Å². The molecule has 4 rings (SSSR count). The predicted molar refractivity (Wildman–Crippen MR) is 106 cm³/mol. The Morgan fingerprint density at radius 2 is 1.81 bits per heavy atom. The van der Waals surface area contributed by atoms with E-state index in [1.165, 1.54) is 11.3 Å². The summed E-state index contributed by atoms with van der Waals surface area (Å²) in [5.41, 5.74) is 2.62. The molecular weight excluding hydrogens is 380 g/mol. The van der Waals surface area contributed by atoms with Gasteiger partial charge in [-0.25, -0.2) is 8.42 Å². The Labute approximate surface area is 162 Å². The summed E-state index contributed by atoms with van der Waals surface area (Å²) in [7, 11) is -3.63. The second kappa shape index (κ2) is 7.17. The number of nitrogens with one attached hydrogen (secondary N) is 1. The third-order valence-electron chi connectivity index (χ3n) is 4.54. The maximum atomic E-state index is 12.6. The van der Waals surface area contributed by atoms with E-state index in [0.717, 1.165) is 22.4 Å². The summed E-state index contributed by atoms with van der Waals surface area (Å²) in [4.78, 5) is 15.3. The lowest BCUT2D eigenvalue weighted by molar-refractivity contribution is 0.0739. The molecule has 0 saturated carbocycles. The Hall–Kier alpha value is -2.64. The molecule has 0 saturated heterocycles. The number of benzene rings is 2. The van der Waals surface area contributed by atoms with Crippen LogP contribution in [0.15, 0.2) is 70.9 Å². The average Bonchev–Trinajstić information content (AvgIpc) is 3.22. The number of fused-ring (bicyclic) bond motifs is 1. The van der Waals surface area contributed by atoms with E-state index in [1.54, 1.807) is 36.4 Å². The first-order valence-electron chi connectivity index (χ1n) is 8.55. The van der Waals surface area contributed by atoms with Gasteiger partial charge in [0.05, 0.1) is 9.77 Å². The van der Waals surface area contributed by atoms with Gasteiger partial charge in [0.15, 0.2) is 0 Å². The molecule has 0 spiro atoms. The highest BCUT2D eigenvalue weighted by molar-refractivity contribution is 7.92. The fraction of sp³-hybridized carbons (Fsp3) is 0.150. The van der Waals surface area contributed by atoms with Crippen molar-refractivity contribution in [3.05, 3.63) is 82.0 Å². The van der Waals surface area contributed by atoms with Crippen LogP contribution in [0.1, 0.15) is 20.8 Å². The van der Waals surface area contributed by atoms with E-state index in [-0.39, 0.29) is 10.8 Å². The number of nitrogens with zero attached hydrogens (tertiary/aromatic N) is 1. The second-order valence-electron chi connectivity index (χ2n) is 6.36. The summed E-state index contributed by atoms with van der Waals surface area (Å²) >= 11 is 1.43. The number of carbonyl (C=O) groups excluding carboxylic acids is 1. The van der Waals surface area contributed by atoms with Crippen molar-refractivity contribution < 1.29 is 13.2 Å². The molecule has 5 nitrogen and oxygen atoms in total. The molecule has 1 aliphatic heterocycles. The highest BCUT2D eigenvalue weighted by Gasteiger charge is 2.23. The van der Waals surface area contributed by atoms with Gasteiger partial charge >= 0.3 is 0 Å². The Bertz CT molecular complexity index is 1060. The maximum Gasteiger partial charge on any atom is 0.264 e. The van der Waals surface area contributed by atoms with Crippen LogP contribution >= 0.6 is 11.3 Å². The van der Waals surface area contributed by atoms with E-state index in [2.05, 4.69) is 4.72 Å². The third kappa shape index (κ3) is 3.74. The van der Waals surface area contributed by atoms with Crippen LogP contribution in [0.2, 0.25) is 0 Å². The lowest BCUT2D eigenvalue weighted by atomic mass is 9.99. The van der Waals surface area contributed by atoms with Crippen LogP contribution in [0.25, 0.3) is 0 Å². The van der Waals surface area contributed by atoms with Gasteiger partial charge in [0.25, 0.3) is 15.9 Å². The number of hydrogen-bond acceptors (Lipinski definition) is 4. The van der Waals surface area contributed by atoms with Crippen LogP contribution in [-0.2, 0) is 23.0 Å². The van der Waals surface area contributed by atoms with Crippen LogP contribution in [0.3, 0.4) is 0 Å². The number of anilines is 1. The van der Waals surface area contributed by atoms with Crippen molar-refractivity contribution >= 4 is 33.0 Å². The molecule has 1 aliphatic rings. The average molecular weight is 399 g/mol. The summed E-state index contributed by atoms with van der Waals surface area (Å²) in [6.45, 7) is 1.14. The lowest BCUT2D eigenvalue weighted by Crippen LogP contribution is -2.35. The van der Waals surface area contributed by atoms with E-state index in [9.17, 15) is 13.2 Å². The molecule has 7 heteroatoms. The number of sulfonamides is 1. The smallest absolute Gasteiger partial charge is 0.264 e. The number of carbonyl (C=O) groups is 1. The Kier molecular flexibility index (Phi) is 4.72. The number of hydrogen-bond donors (Lipinski definition) is 1. The standard InChI is InChI=1S/C20H18N2O3S2/c23-20(19-7-4-12-26-19)22-11-10-15-8-9-17(13-16(15)14-22)21-27(24,25)18-5-2-1-3-6-18/h1-9,12-13,21H,10-11,14H2. The van der Waals surface area contributed by atoms with E-state index in [0.29, 0.717) is 18.8 Å². The van der Waals surface area contributed by atoms with Gasteiger partial charge in [-0.3, -0.25) is 9.52 Å². The lowest BCUT2D eigenvalue weighted by Gasteiger charge is -2.29. The molecule has 0 atom stereocenters. The van der Waals surface area contributed by atoms with Crippen LogP contribution in [0.5, 0.6) is 0 Å². The summed E-state index contributed by atoms with van der Waals surface area (Å²) in [6, 6.07) is 17.5. The first-order chi connectivity index (χ1) is 13.0. The van der Waals surface area contributed by atoms with Gasteiger partial charge in [0.1, 0.15) is 0 Å². The van der Waals surface area contributed by atoms with Gasteiger partial charge < -0.3 is 4.90 Å². The molecule has 3 aromatic rings. The van der Waals surface area contributed by atoms with E-state index in [1.807, 2.05) is 34.5 Å². The van der Waals surface area contributed by atoms with Gasteiger partial charge in [0.2, 0.25) is 0 Å². The molecule has 0 fully saturated rings. The molecule has 0 unspecified atom stereocenters. The highest BCUT2D eigenvalue weighted by atomic mass is 32.2. The van der Waals surface area contributed by atoms with E-state index in [4.69, 9.17) is 0 Å². The quantitative estimate of drug-likeness (QED) is 0.728. The highest BCUT2D eigenvalue weighted by Crippen LogP contribution is 2.26. The molecule has 138 valence electrons. The first kappa shape index (κ1) is 17.8. The predicted octanol–water partition coefficient (Wildman–Crippen LogP) is 3.75. The topological polar surface area (TPSA) is 66.5 Å². The molecule has 2 heterocycles. The van der Waals surface area contributed by atoms with Crippen LogP contribution in [0.4, 0.5) is 5.69 Å². The van der Waals surface area contributed by atoms with Gasteiger partial charge in [-0.15, -0.1) is 11.3 Å². The van der Waals surface area contributed by atoms with Gasteiger partial charge in [0, 0.05) is 18.8 Å². The minimum atomic E-state index is -3.63. The normalized spacial score (nSPS) is 13.9. The summed E-state index contributed by atoms with van der Waals surface area (Å²) in [5, 5.41) is 1.89.